The Balaban J connectivity index is 0.000000164. The van der Waals surface area contributed by atoms with Crippen LogP contribution in [0, 0.1) is 20.8 Å². The molecule has 0 saturated carbocycles. The average Bonchev–Trinajstić information content (AvgIpc) is 3.68. The zero-order chi connectivity index (χ0) is 60.5. The lowest BCUT2D eigenvalue weighted by molar-refractivity contribution is 0.0954. The van der Waals surface area contributed by atoms with Gasteiger partial charge in [0.2, 0.25) is 28.3 Å². The molecule has 0 bridgehead atoms. The van der Waals surface area contributed by atoms with Crippen LogP contribution in [0.5, 0.6) is 40.5 Å². The monoisotopic (exact) mass is 1200 g/mol. The number of halogens is 3. The van der Waals surface area contributed by atoms with Gasteiger partial charge in [-0.25, -0.2) is 19.9 Å². The minimum Gasteiger partial charge on any atom is -0.508 e. The number of aromatic nitrogens is 6. The number of methoxy groups -OCH3 is 2. The molecular weight excluding hydrogens is 1150 g/mol. The molecule has 0 aliphatic rings. The van der Waals surface area contributed by atoms with Crippen molar-refractivity contribution in [3.05, 3.63) is 190 Å². The molecule has 0 fully saturated rings. The molecule has 11 aromatic rings. The molecule has 84 heavy (non-hydrogen) atoms. The smallest absolute Gasteiger partial charge is 0.255 e. The predicted octanol–water partition coefficient (Wildman–Crippen LogP) is 12.6. The Hall–Kier alpha value is -10.2. The van der Waals surface area contributed by atoms with E-state index in [1.165, 1.54) is 24.5 Å². The topological polar surface area (TPSA) is 299 Å². The van der Waals surface area contributed by atoms with E-state index in [2.05, 4.69) is 51.2 Å². The molecule has 7 N–H and O–H groups in total. The number of aromatic hydroxyl groups is 1. The number of hydrogen-bond acceptors (Lipinski definition) is 19. The highest BCUT2D eigenvalue weighted by Gasteiger charge is 2.20. The summed E-state index contributed by atoms with van der Waals surface area (Å²) in [4.78, 5) is 59.1. The predicted molar refractivity (Wildman–Crippen MR) is 320 cm³/mol. The summed E-state index contributed by atoms with van der Waals surface area (Å²) in [5.74, 6) is 4.88. The average molecular weight is 1200 g/mol. The number of rotatable bonds is 11. The number of amides is 3. The van der Waals surface area contributed by atoms with Crippen molar-refractivity contribution in [3.8, 4) is 40.5 Å². The summed E-state index contributed by atoms with van der Waals surface area (Å²) in [6, 6.07) is 34.8. The normalized spacial score (nSPS) is 10.3. The van der Waals surface area contributed by atoms with Crippen LogP contribution in [-0.2, 0) is 0 Å². The Morgan fingerprint density at radius 1 is 0.512 bits per heavy atom. The van der Waals surface area contributed by atoms with Gasteiger partial charge in [-0.2, -0.15) is 9.97 Å². The van der Waals surface area contributed by atoms with Crippen LogP contribution in [0.2, 0.25) is 15.7 Å². The zero-order valence-corrected chi connectivity index (χ0v) is 48.5. The maximum Gasteiger partial charge on any atom is 0.255 e. The molecule has 432 valence electrons. The third kappa shape index (κ3) is 16.3. The van der Waals surface area contributed by atoms with Crippen LogP contribution in [0.4, 0.5) is 17.3 Å². The van der Waals surface area contributed by atoms with Crippen LogP contribution in [0.1, 0.15) is 48.4 Å². The number of nitrogen functional groups attached to an aromatic ring is 1. The van der Waals surface area contributed by atoms with Crippen LogP contribution < -0.4 is 45.9 Å². The maximum atomic E-state index is 12.1. The SMILES string of the molecule is CNC(=O)c1c(C)oc2cc(O)ccc12.CNC(=O)c1c(C)oc2cc(Oc3ccnc(Cl)n3)ccc12.CNC(=O)c1c(C)oc2cc(Oc3ccnc(Nc4cccc(OC)c4)n3)ccc12.COc1cccc(N)c1.Clc1ccnc(Cl)n1. The van der Waals surface area contributed by atoms with Crippen LogP contribution in [0.25, 0.3) is 32.9 Å². The summed E-state index contributed by atoms with van der Waals surface area (Å²) in [5.41, 5.74) is 10.2. The van der Waals surface area contributed by atoms with Gasteiger partial charge in [-0.05, 0) is 111 Å². The van der Waals surface area contributed by atoms with Crippen molar-refractivity contribution in [3.63, 3.8) is 0 Å². The van der Waals surface area contributed by atoms with Crippen molar-refractivity contribution in [2.24, 2.45) is 0 Å². The van der Waals surface area contributed by atoms with Crippen molar-refractivity contribution < 1.29 is 51.7 Å². The highest BCUT2D eigenvalue weighted by atomic mass is 35.5. The van der Waals surface area contributed by atoms with E-state index in [1.54, 1.807) is 129 Å². The van der Waals surface area contributed by atoms with Crippen LogP contribution in [-0.4, -0.2) is 88.1 Å². The number of benzene rings is 5. The van der Waals surface area contributed by atoms with Crippen LogP contribution >= 0.6 is 34.8 Å². The first-order chi connectivity index (χ1) is 40.4. The number of carbonyl (C=O) groups is 3. The van der Waals surface area contributed by atoms with E-state index in [0.29, 0.717) is 90.5 Å². The van der Waals surface area contributed by atoms with Gasteiger partial charge in [0.05, 0.1) is 30.9 Å². The maximum absolute atomic E-state index is 12.1. The van der Waals surface area contributed by atoms with Crippen molar-refractivity contribution in [1.82, 2.24) is 45.9 Å². The number of ether oxygens (including phenoxy) is 4. The lowest BCUT2D eigenvalue weighted by atomic mass is 10.1. The minimum atomic E-state index is -0.191. The standard InChI is InChI=1S/C22H20N4O4.C15H12ClN3O3.C11H11NO3.C7H9NO.C4H2Cl2N2/c1-13-20(21(27)23-2)17-8-7-16(12-18(17)29-13)30-19-9-10-24-22(26-19)25-14-5-4-6-15(11-14)28-3;1-8-13(14(20)17-2)10-4-3-9(7-11(10)21-8)22-12-5-6-18-15(16)19-12;1-6-10(11(14)12-2)8-4-3-7(13)5-9(8)15-6;1-9-7-4-2-3-6(8)5-7;5-3-1-2-7-4(6)8-3/h4-12H,1-3H3,(H,23,27)(H,24,25,26);3-7H,1-2H3,(H,17,20);3-5,13H,1-2H3,(H,12,14);2-5H,8H2,1H3;1-2H. The van der Waals surface area contributed by atoms with E-state index in [4.69, 9.17) is 72.7 Å². The van der Waals surface area contributed by atoms with Gasteiger partial charge >= 0.3 is 0 Å². The van der Waals surface area contributed by atoms with Gasteiger partial charge in [0.25, 0.3) is 17.7 Å². The Bertz CT molecular complexity index is 4080. The first-order valence-corrected chi connectivity index (χ1v) is 26.1. The largest absolute Gasteiger partial charge is 0.508 e. The number of nitrogens with zero attached hydrogens (tertiary/aromatic N) is 6. The second-order valence-corrected chi connectivity index (χ2v) is 18.3. The van der Waals surface area contributed by atoms with Gasteiger partial charge in [-0.3, -0.25) is 14.4 Å². The van der Waals surface area contributed by atoms with Crippen molar-refractivity contribution in [2.75, 3.05) is 46.4 Å². The summed E-state index contributed by atoms with van der Waals surface area (Å²) < 4.78 is 38.3. The van der Waals surface area contributed by atoms with Gasteiger partial charge in [-0.1, -0.05) is 23.7 Å². The number of phenolic OH excluding ortho intramolecular Hbond substituents is 1. The van der Waals surface area contributed by atoms with E-state index in [1.807, 2.05) is 42.5 Å². The van der Waals surface area contributed by atoms with Crippen molar-refractivity contribution in [1.29, 1.82) is 0 Å². The van der Waals surface area contributed by atoms with E-state index in [-0.39, 0.29) is 34.0 Å². The van der Waals surface area contributed by atoms with E-state index in [0.717, 1.165) is 33.6 Å². The second-order valence-electron chi connectivity index (χ2n) is 17.2. The fourth-order valence-corrected chi connectivity index (χ4v) is 8.28. The molecule has 3 amide bonds. The number of fused-ring (bicyclic) bond motifs is 3. The Morgan fingerprint density at radius 2 is 0.964 bits per heavy atom. The Labute approximate surface area is 495 Å². The third-order valence-corrected chi connectivity index (χ3v) is 12.1. The molecule has 0 aliphatic heterocycles. The molecule has 0 aliphatic carbocycles. The molecule has 0 atom stereocenters. The number of nitrogens with one attached hydrogen (secondary N) is 4. The number of hydrogen-bond donors (Lipinski definition) is 6. The van der Waals surface area contributed by atoms with E-state index < -0.39 is 0 Å². The molecule has 11 rings (SSSR count). The minimum absolute atomic E-state index is 0.106. The summed E-state index contributed by atoms with van der Waals surface area (Å²) >= 11 is 16.5. The van der Waals surface area contributed by atoms with Gasteiger partial charge in [0.15, 0.2) is 0 Å². The number of nitrogens with two attached hydrogens (primary N) is 1. The fraction of sp³-hybridized carbons (Fsp3) is 0.136. The Morgan fingerprint density at radius 3 is 1.42 bits per heavy atom. The first kappa shape index (κ1) is 61.5. The number of furan rings is 3. The first-order valence-electron chi connectivity index (χ1n) is 25.0. The quantitative estimate of drug-likeness (QED) is 0.0398. The van der Waals surface area contributed by atoms with Gasteiger partial charge in [-0.15, -0.1) is 0 Å². The summed E-state index contributed by atoms with van der Waals surface area (Å²) in [5, 5.41) is 23.0. The molecule has 25 heteroatoms. The summed E-state index contributed by atoms with van der Waals surface area (Å²) in [6.07, 6.45) is 4.60. The van der Waals surface area contributed by atoms with Crippen LogP contribution in [0.15, 0.2) is 153 Å². The summed E-state index contributed by atoms with van der Waals surface area (Å²) in [7, 11) is 7.97. The number of carbonyl (C=O) groups excluding carboxylic acids is 3. The fourth-order valence-electron chi connectivity index (χ4n) is 7.82. The third-order valence-electron chi connectivity index (χ3n) is 11.6. The van der Waals surface area contributed by atoms with Gasteiger partial charge in [0, 0.05) is 110 Å². The van der Waals surface area contributed by atoms with E-state index in [9.17, 15) is 19.5 Å². The number of phenols is 1. The number of anilines is 3. The van der Waals surface area contributed by atoms with Crippen molar-refractivity contribution in [2.45, 2.75) is 20.8 Å². The van der Waals surface area contributed by atoms with E-state index >= 15 is 0 Å². The molecule has 0 spiro atoms. The van der Waals surface area contributed by atoms with Crippen LogP contribution in [0.3, 0.4) is 0 Å². The highest BCUT2D eigenvalue weighted by molar-refractivity contribution is 6.31. The highest BCUT2D eigenvalue weighted by Crippen LogP contribution is 2.33. The summed E-state index contributed by atoms with van der Waals surface area (Å²) in [6.45, 7) is 5.23. The molecule has 6 aromatic heterocycles. The van der Waals surface area contributed by atoms with Gasteiger partial charge < -0.3 is 64.3 Å². The van der Waals surface area contributed by atoms with Gasteiger partial charge in [0.1, 0.15) is 67.9 Å². The molecule has 0 unspecified atom stereocenters. The Kier molecular flexibility index (Phi) is 21.2. The molecule has 6 heterocycles. The number of aryl methyl sites for hydroxylation is 3. The molecule has 22 nitrogen and oxygen atoms in total. The second kappa shape index (κ2) is 29.0. The molecule has 0 saturated heterocycles. The molecular formula is C59H54Cl3N11O11. The molecule has 0 radical (unpaired) electrons. The lowest BCUT2D eigenvalue weighted by Gasteiger charge is -2.08. The lowest BCUT2D eigenvalue weighted by Crippen LogP contribution is -2.18. The van der Waals surface area contributed by atoms with Crippen molar-refractivity contribution >= 4 is 103 Å². The zero-order valence-electron chi connectivity index (χ0n) is 46.2. The molecule has 5 aromatic carbocycles.